The minimum atomic E-state index is -4.79. The zero-order chi connectivity index (χ0) is 28.6. The van der Waals surface area contributed by atoms with Gasteiger partial charge in [-0.05, 0) is 42.0 Å². The van der Waals surface area contributed by atoms with Gasteiger partial charge in [-0.3, -0.25) is 4.79 Å². The summed E-state index contributed by atoms with van der Waals surface area (Å²) >= 11 is 0. The van der Waals surface area contributed by atoms with Crippen LogP contribution in [0.1, 0.15) is 43.8 Å². The quantitative estimate of drug-likeness (QED) is 0.129. The second-order valence-electron chi connectivity index (χ2n) is 7.90. The Morgan fingerprint density at radius 1 is 0.872 bits per heavy atom. The summed E-state index contributed by atoms with van der Waals surface area (Å²) in [4.78, 5) is 29.1. The summed E-state index contributed by atoms with van der Waals surface area (Å²) in [5.74, 6) is -2.44. The van der Waals surface area contributed by atoms with Crippen LogP contribution in [0.5, 0.6) is 5.75 Å². The van der Waals surface area contributed by atoms with E-state index in [2.05, 4.69) is 10.5 Å². The Morgan fingerprint density at radius 3 is 2.21 bits per heavy atom. The highest BCUT2D eigenvalue weighted by molar-refractivity contribution is 6.08. The number of ether oxygens (including phenoxy) is 1. The van der Waals surface area contributed by atoms with Crippen molar-refractivity contribution in [1.29, 1.82) is 0 Å². The van der Waals surface area contributed by atoms with Crippen molar-refractivity contribution in [2.24, 2.45) is 5.16 Å². The minimum absolute atomic E-state index is 0.0620. The topological polar surface area (TPSA) is 97.2 Å². The number of nitrogens with one attached hydrogen (secondary N) is 1. The molecule has 3 aromatic rings. The lowest BCUT2D eigenvalue weighted by Gasteiger charge is -2.15. The molecule has 0 aliphatic rings. The molecule has 0 radical (unpaired) electrons. The van der Waals surface area contributed by atoms with E-state index < -0.39 is 40.9 Å². The van der Waals surface area contributed by atoms with Crippen LogP contribution in [0.2, 0.25) is 0 Å². The number of anilines is 1. The number of carbonyl (C=O) groups is 2. The average molecular weight is 554 g/mol. The first-order chi connectivity index (χ1) is 18.4. The predicted octanol–water partition coefficient (Wildman–Crippen LogP) is 6.49. The summed E-state index contributed by atoms with van der Waals surface area (Å²) in [6.07, 6.45) is -7.70. The fourth-order valence-electron chi connectivity index (χ4n) is 3.24. The predicted molar refractivity (Wildman–Crippen MR) is 128 cm³/mol. The molecular formula is C26H20F6N2O5. The molecule has 0 saturated heterocycles. The van der Waals surface area contributed by atoms with Crippen LogP contribution in [0, 0.1) is 0 Å². The Kier molecular flexibility index (Phi) is 9.17. The molecule has 0 atom stereocenters. The maximum absolute atomic E-state index is 13.3. The molecule has 2 N–H and O–H groups in total. The highest BCUT2D eigenvalue weighted by atomic mass is 19.4. The van der Waals surface area contributed by atoms with Gasteiger partial charge in [-0.2, -0.15) is 26.3 Å². The van der Waals surface area contributed by atoms with E-state index in [4.69, 9.17) is 9.57 Å². The first-order valence-electron chi connectivity index (χ1n) is 11.2. The number of hydrogen-bond donors (Lipinski definition) is 2. The highest BCUT2D eigenvalue weighted by Gasteiger charge is 2.35. The summed E-state index contributed by atoms with van der Waals surface area (Å²) in [7, 11) is 0. The van der Waals surface area contributed by atoms with Gasteiger partial charge in [0.2, 0.25) is 0 Å². The number of hydrogen-bond acceptors (Lipinski definition) is 5. The summed E-state index contributed by atoms with van der Waals surface area (Å²) in [6.45, 7) is 0.134. The van der Waals surface area contributed by atoms with Crippen molar-refractivity contribution in [3.05, 3.63) is 94.5 Å². The van der Waals surface area contributed by atoms with Crippen LogP contribution in [0.15, 0.2) is 71.9 Å². The number of benzene rings is 3. The third kappa shape index (κ3) is 8.22. The standard InChI is InChI=1S/C26H20F6N2O5/c27-25(28,29)17-8-6-16(7-9-17)15-33-39-13-3-12-38-18-10-11-20(24(36)37)22(14-18)34-23(35)19-4-1-2-5-21(19)26(30,31)32/h1-2,4-11,14-15H,3,12-13H2,(H,34,35)(H,36,37)/b33-15-. The maximum atomic E-state index is 13.3. The summed E-state index contributed by atoms with van der Waals surface area (Å²) in [5, 5.41) is 15.3. The van der Waals surface area contributed by atoms with Crippen LogP contribution in [0.25, 0.3) is 0 Å². The van der Waals surface area contributed by atoms with Crippen molar-refractivity contribution in [2.45, 2.75) is 18.8 Å². The number of aromatic carboxylic acids is 1. The molecule has 0 heterocycles. The van der Waals surface area contributed by atoms with Crippen molar-refractivity contribution in [3.8, 4) is 5.75 Å². The van der Waals surface area contributed by atoms with Gasteiger partial charge in [0.15, 0.2) is 0 Å². The number of carboxylic acids is 1. The third-order valence-corrected chi connectivity index (χ3v) is 5.11. The molecule has 0 aliphatic carbocycles. The van der Waals surface area contributed by atoms with Crippen molar-refractivity contribution in [2.75, 3.05) is 18.5 Å². The summed E-state index contributed by atoms with van der Waals surface area (Å²) in [6, 6.07) is 12.0. The van der Waals surface area contributed by atoms with E-state index in [-0.39, 0.29) is 30.2 Å². The molecule has 13 heteroatoms. The van der Waals surface area contributed by atoms with Gasteiger partial charge in [0, 0.05) is 12.5 Å². The van der Waals surface area contributed by atoms with E-state index in [1.165, 1.54) is 36.5 Å². The van der Waals surface area contributed by atoms with E-state index in [9.17, 15) is 41.0 Å². The number of amides is 1. The second-order valence-corrected chi connectivity index (χ2v) is 7.90. The van der Waals surface area contributed by atoms with Gasteiger partial charge >= 0.3 is 18.3 Å². The molecule has 7 nitrogen and oxygen atoms in total. The molecule has 3 rings (SSSR count). The fraction of sp³-hybridized carbons (Fsp3) is 0.192. The first kappa shape index (κ1) is 29.0. The Bertz CT molecular complexity index is 1340. The second kappa shape index (κ2) is 12.3. The van der Waals surface area contributed by atoms with Gasteiger partial charge in [-0.15, -0.1) is 0 Å². The molecule has 0 aliphatic heterocycles. The normalized spacial score (nSPS) is 11.8. The van der Waals surface area contributed by atoms with Gasteiger partial charge in [0.25, 0.3) is 5.91 Å². The van der Waals surface area contributed by atoms with E-state index in [1.54, 1.807) is 0 Å². The lowest BCUT2D eigenvalue weighted by molar-refractivity contribution is -0.138. The van der Waals surface area contributed by atoms with Crippen molar-refractivity contribution < 1.29 is 50.6 Å². The van der Waals surface area contributed by atoms with Crippen molar-refractivity contribution >= 4 is 23.8 Å². The molecule has 0 spiro atoms. The molecule has 1 amide bonds. The van der Waals surface area contributed by atoms with Crippen LogP contribution in [-0.4, -0.2) is 36.4 Å². The molecule has 39 heavy (non-hydrogen) atoms. The number of nitrogens with zero attached hydrogens (tertiary/aromatic N) is 1. The molecule has 0 unspecified atom stereocenters. The van der Waals surface area contributed by atoms with Gasteiger partial charge in [0.1, 0.15) is 12.4 Å². The van der Waals surface area contributed by atoms with Crippen molar-refractivity contribution in [1.82, 2.24) is 0 Å². The van der Waals surface area contributed by atoms with E-state index >= 15 is 0 Å². The maximum Gasteiger partial charge on any atom is 0.417 e. The highest BCUT2D eigenvalue weighted by Crippen LogP contribution is 2.33. The molecule has 0 bridgehead atoms. The van der Waals surface area contributed by atoms with E-state index in [0.717, 1.165) is 36.4 Å². The number of oxime groups is 1. The van der Waals surface area contributed by atoms with E-state index in [1.807, 2.05) is 0 Å². The average Bonchev–Trinajstić information content (AvgIpc) is 2.87. The number of rotatable bonds is 10. The van der Waals surface area contributed by atoms with Crippen LogP contribution in [0.4, 0.5) is 32.0 Å². The van der Waals surface area contributed by atoms with Gasteiger partial charge in [-0.25, -0.2) is 4.79 Å². The Balaban J connectivity index is 1.56. The van der Waals surface area contributed by atoms with Gasteiger partial charge < -0.3 is 20.0 Å². The Morgan fingerprint density at radius 2 is 1.56 bits per heavy atom. The molecule has 0 saturated carbocycles. The lowest BCUT2D eigenvalue weighted by atomic mass is 10.1. The molecular weight excluding hydrogens is 534 g/mol. The number of halogens is 6. The zero-order valence-electron chi connectivity index (χ0n) is 19.8. The molecule has 0 fully saturated rings. The van der Waals surface area contributed by atoms with Crippen LogP contribution >= 0.6 is 0 Å². The monoisotopic (exact) mass is 554 g/mol. The summed E-state index contributed by atoms with van der Waals surface area (Å²) < 4.78 is 83.0. The SMILES string of the molecule is O=C(O)c1ccc(OCCCO/N=C\c2ccc(C(F)(F)F)cc2)cc1NC(=O)c1ccccc1C(F)(F)F. The van der Waals surface area contributed by atoms with Gasteiger partial charge in [-0.1, -0.05) is 29.4 Å². The first-order valence-corrected chi connectivity index (χ1v) is 11.2. The van der Waals surface area contributed by atoms with Gasteiger partial charge in [0.05, 0.1) is 40.8 Å². The minimum Gasteiger partial charge on any atom is -0.493 e. The number of carbonyl (C=O) groups excluding carboxylic acids is 1. The molecule has 3 aromatic carbocycles. The number of carboxylic acid groups (broad SMARTS) is 1. The van der Waals surface area contributed by atoms with Crippen molar-refractivity contribution in [3.63, 3.8) is 0 Å². The zero-order valence-corrected chi connectivity index (χ0v) is 19.8. The van der Waals surface area contributed by atoms with Crippen LogP contribution in [-0.2, 0) is 17.2 Å². The smallest absolute Gasteiger partial charge is 0.417 e. The molecule has 0 aromatic heterocycles. The van der Waals surface area contributed by atoms with E-state index in [0.29, 0.717) is 12.0 Å². The fourth-order valence-corrected chi connectivity index (χ4v) is 3.24. The lowest BCUT2D eigenvalue weighted by Crippen LogP contribution is -2.20. The van der Waals surface area contributed by atoms with Crippen LogP contribution in [0.3, 0.4) is 0 Å². The Hall–Kier alpha value is -4.55. The largest absolute Gasteiger partial charge is 0.493 e. The van der Waals surface area contributed by atoms with Crippen LogP contribution < -0.4 is 10.1 Å². The molecule has 206 valence electrons. The summed E-state index contributed by atoms with van der Waals surface area (Å²) in [5.41, 5.74) is -2.87. The number of alkyl halides is 6. The Labute approximate surface area is 217 Å². The third-order valence-electron chi connectivity index (χ3n) is 5.11.